The Morgan fingerprint density at radius 3 is 1.75 bits per heavy atom. The monoisotopic (exact) mass is 223 g/mol. The van der Waals surface area contributed by atoms with E-state index in [0.29, 0.717) is 0 Å². The second-order valence-electron chi connectivity index (χ2n) is 5.82. The molecule has 0 aromatic carbocycles. The zero-order valence-corrected chi connectivity index (χ0v) is 10.3. The van der Waals surface area contributed by atoms with Gasteiger partial charge in [-0.1, -0.05) is 25.7 Å². The van der Waals surface area contributed by atoms with Gasteiger partial charge in [0.25, 0.3) is 0 Å². The molecule has 3 heteroatoms. The minimum Gasteiger partial charge on any atom is -0.238 e. The first-order valence-corrected chi connectivity index (χ1v) is 7.23. The third-order valence-corrected chi connectivity index (χ3v) is 4.27. The average Bonchev–Trinajstić information content (AvgIpc) is 3.06. The van der Waals surface area contributed by atoms with E-state index in [4.69, 9.17) is 0 Å². The van der Waals surface area contributed by atoms with E-state index in [-0.39, 0.29) is 0 Å². The first-order chi connectivity index (χ1) is 7.92. The van der Waals surface area contributed by atoms with Gasteiger partial charge < -0.3 is 0 Å². The fourth-order valence-electron chi connectivity index (χ4n) is 2.73. The van der Waals surface area contributed by atoms with E-state index in [1.165, 1.54) is 64.2 Å². The predicted molar refractivity (Wildman–Crippen MR) is 65.6 cm³/mol. The Balaban J connectivity index is 1.52. The molecule has 3 rings (SSSR count). The van der Waals surface area contributed by atoms with Crippen molar-refractivity contribution in [3.05, 3.63) is 0 Å². The minimum absolute atomic E-state index is 0.745. The molecule has 92 valence electrons. The molecule has 0 aromatic heterocycles. The number of hydrogen-bond donors (Lipinski definition) is 2. The summed E-state index contributed by atoms with van der Waals surface area (Å²) >= 11 is 0. The SMILES string of the molecule is C1CCC(N(NC2CCC2)NC2CC2)CC1. The third-order valence-electron chi connectivity index (χ3n) is 4.27. The molecule has 3 saturated carbocycles. The van der Waals surface area contributed by atoms with Gasteiger partial charge in [-0.3, -0.25) is 0 Å². The van der Waals surface area contributed by atoms with Crippen molar-refractivity contribution in [1.29, 1.82) is 0 Å². The summed E-state index contributed by atoms with van der Waals surface area (Å²) in [5, 5.41) is 2.40. The number of rotatable bonds is 5. The molecule has 3 fully saturated rings. The van der Waals surface area contributed by atoms with Gasteiger partial charge in [-0.15, -0.1) is 0 Å². The first kappa shape index (κ1) is 11.0. The molecule has 2 N–H and O–H groups in total. The Bertz CT molecular complexity index is 217. The molecular weight excluding hydrogens is 198 g/mol. The highest BCUT2D eigenvalue weighted by Gasteiger charge is 2.30. The molecule has 0 bridgehead atoms. The van der Waals surface area contributed by atoms with Crippen molar-refractivity contribution in [2.24, 2.45) is 0 Å². The summed E-state index contributed by atoms with van der Waals surface area (Å²) in [5.74, 6) is 0. The number of hydrazine groups is 2. The molecule has 0 saturated heterocycles. The van der Waals surface area contributed by atoms with Crippen LogP contribution in [0.1, 0.15) is 64.2 Å². The molecule has 0 unspecified atom stereocenters. The van der Waals surface area contributed by atoms with Crippen molar-refractivity contribution in [2.45, 2.75) is 82.3 Å². The zero-order chi connectivity index (χ0) is 10.8. The van der Waals surface area contributed by atoms with Gasteiger partial charge in [0.2, 0.25) is 0 Å². The molecular formula is C13H25N3. The van der Waals surface area contributed by atoms with Gasteiger partial charge in [0.15, 0.2) is 0 Å². The van der Waals surface area contributed by atoms with Crippen LogP contribution in [0.25, 0.3) is 0 Å². The maximum Gasteiger partial charge on any atom is 0.0400 e. The van der Waals surface area contributed by atoms with Crippen LogP contribution in [-0.2, 0) is 0 Å². The maximum atomic E-state index is 3.72. The van der Waals surface area contributed by atoms with Crippen LogP contribution in [-0.4, -0.2) is 23.2 Å². The summed E-state index contributed by atoms with van der Waals surface area (Å²) < 4.78 is 0. The lowest BCUT2D eigenvalue weighted by atomic mass is 9.93. The smallest absolute Gasteiger partial charge is 0.0400 e. The highest BCUT2D eigenvalue weighted by molar-refractivity contribution is 4.84. The molecule has 0 aromatic rings. The van der Waals surface area contributed by atoms with Gasteiger partial charge in [0, 0.05) is 18.1 Å². The Labute approximate surface area is 98.9 Å². The third kappa shape index (κ3) is 2.76. The number of nitrogens with one attached hydrogen (secondary N) is 2. The molecule has 3 nitrogen and oxygen atoms in total. The first-order valence-electron chi connectivity index (χ1n) is 7.23. The lowest BCUT2D eigenvalue weighted by Gasteiger charge is -2.40. The quantitative estimate of drug-likeness (QED) is 0.701. The summed E-state index contributed by atoms with van der Waals surface area (Å²) in [6.07, 6.45) is 13.9. The van der Waals surface area contributed by atoms with E-state index >= 15 is 0 Å². The van der Waals surface area contributed by atoms with Crippen LogP contribution in [0.3, 0.4) is 0 Å². The molecule has 3 aliphatic rings. The lowest BCUT2D eigenvalue weighted by molar-refractivity contribution is 0.00417. The van der Waals surface area contributed by atoms with Crippen molar-refractivity contribution in [2.75, 3.05) is 0 Å². The van der Waals surface area contributed by atoms with Gasteiger partial charge in [0.05, 0.1) is 0 Å². The largest absolute Gasteiger partial charge is 0.238 e. The highest BCUT2D eigenvalue weighted by Crippen LogP contribution is 2.26. The Hall–Kier alpha value is -0.120. The second-order valence-corrected chi connectivity index (χ2v) is 5.82. The number of nitrogens with zero attached hydrogens (tertiary/aromatic N) is 1. The molecule has 0 aliphatic heterocycles. The van der Waals surface area contributed by atoms with Crippen LogP contribution in [0, 0.1) is 0 Å². The molecule has 0 radical (unpaired) electrons. The van der Waals surface area contributed by atoms with Crippen LogP contribution in [0.15, 0.2) is 0 Å². The van der Waals surface area contributed by atoms with E-state index < -0.39 is 0 Å². The molecule has 3 aliphatic carbocycles. The van der Waals surface area contributed by atoms with Crippen LogP contribution < -0.4 is 10.9 Å². The van der Waals surface area contributed by atoms with Gasteiger partial charge in [-0.2, -0.15) is 5.12 Å². The van der Waals surface area contributed by atoms with Crippen molar-refractivity contribution in [1.82, 2.24) is 16.0 Å². The van der Waals surface area contributed by atoms with E-state index in [1.54, 1.807) is 0 Å². The fourth-order valence-corrected chi connectivity index (χ4v) is 2.73. The highest BCUT2D eigenvalue weighted by atomic mass is 15.7. The summed E-state index contributed by atoms with van der Waals surface area (Å²) in [6, 6.07) is 2.28. The van der Waals surface area contributed by atoms with E-state index in [0.717, 1.165) is 18.1 Å². The summed E-state index contributed by atoms with van der Waals surface area (Å²) in [4.78, 5) is 0. The van der Waals surface area contributed by atoms with E-state index in [2.05, 4.69) is 16.0 Å². The normalized spacial score (nSPS) is 28.3. The molecule has 0 heterocycles. The Morgan fingerprint density at radius 2 is 1.25 bits per heavy atom. The Morgan fingerprint density at radius 1 is 0.625 bits per heavy atom. The van der Waals surface area contributed by atoms with Crippen LogP contribution in [0.5, 0.6) is 0 Å². The van der Waals surface area contributed by atoms with E-state index in [1.807, 2.05) is 0 Å². The van der Waals surface area contributed by atoms with Crippen LogP contribution >= 0.6 is 0 Å². The van der Waals surface area contributed by atoms with Gasteiger partial charge in [0.1, 0.15) is 0 Å². The van der Waals surface area contributed by atoms with Gasteiger partial charge >= 0.3 is 0 Å². The van der Waals surface area contributed by atoms with Crippen molar-refractivity contribution in [3.8, 4) is 0 Å². The second kappa shape index (κ2) is 5.03. The number of hydrogen-bond acceptors (Lipinski definition) is 3. The molecule has 0 atom stereocenters. The van der Waals surface area contributed by atoms with Gasteiger partial charge in [-0.25, -0.2) is 10.9 Å². The standard InChI is InChI=1S/C13H25N3/c1-2-7-13(8-3-1)16(15-12-9-10-12)14-11-5-4-6-11/h11-15H,1-10H2. The Kier molecular flexibility index (Phi) is 3.46. The summed E-state index contributed by atoms with van der Waals surface area (Å²) in [7, 11) is 0. The minimum atomic E-state index is 0.745. The molecule has 16 heavy (non-hydrogen) atoms. The molecule has 0 spiro atoms. The van der Waals surface area contributed by atoms with Crippen molar-refractivity contribution >= 4 is 0 Å². The average molecular weight is 223 g/mol. The predicted octanol–water partition coefficient (Wildman–Crippen LogP) is 2.35. The van der Waals surface area contributed by atoms with E-state index in [9.17, 15) is 0 Å². The fraction of sp³-hybridized carbons (Fsp3) is 1.00. The van der Waals surface area contributed by atoms with Crippen LogP contribution in [0.2, 0.25) is 0 Å². The van der Waals surface area contributed by atoms with Crippen molar-refractivity contribution < 1.29 is 0 Å². The lowest BCUT2D eigenvalue weighted by Crippen LogP contribution is -2.59. The van der Waals surface area contributed by atoms with Gasteiger partial charge in [-0.05, 0) is 38.5 Å². The van der Waals surface area contributed by atoms with Crippen LogP contribution in [0.4, 0.5) is 0 Å². The summed E-state index contributed by atoms with van der Waals surface area (Å²) in [5.41, 5.74) is 7.40. The topological polar surface area (TPSA) is 27.3 Å². The molecule has 0 amide bonds. The van der Waals surface area contributed by atoms with Crippen molar-refractivity contribution in [3.63, 3.8) is 0 Å². The summed E-state index contributed by atoms with van der Waals surface area (Å²) in [6.45, 7) is 0. The maximum absolute atomic E-state index is 3.72. The zero-order valence-electron chi connectivity index (χ0n) is 10.3.